The van der Waals surface area contributed by atoms with Crippen molar-refractivity contribution in [2.24, 2.45) is 0 Å². The second-order valence-corrected chi connectivity index (χ2v) is 10.7. The van der Waals surface area contributed by atoms with Gasteiger partial charge in [-0.2, -0.15) is 0 Å². The topological polar surface area (TPSA) is 25.8 Å². The number of nitrogens with zero attached hydrogens (tertiary/aromatic N) is 2. The first kappa shape index (κ1) is 30.5. The number of pyridine rings is 2. The van der Waals surface area contributed by atoms with Gasteiger partial charge < -0.3 is 0 Å². The lowest BCUT2D eigenvalue weighted by molar-refractivity contribution is 0.831. The molecule has 0 unspecified atom stereocenters. The van der Waals surface area contributed by atoms with E-state index in [1.807, 2.05) is 24.4 Å². The molecule has 2 aliphatic carbocycles. The Morgan fingerprint density at radius 3 is 2.34 bits per heavy atom. The molecule has 0 bridgehead atoms. The van der Waals surface area contributed by atoms with Crippen LogP contribution in [0.25, 0.3) is 38.4 Å². The minimum absolute atomic E-state index is 0. The van der Waals surface area contributed by atoms with Crippen molar-refractivity contribution >= 4 is 52.1 Å². The van der Waals surface area contributed by atoms with Gasteiger partial charge in [0.15, 0.2) is 0 Å². The molecule has 0 radical (unpaired) electrons. The molecule has 2 aromatic heterocycles. The summed E-state index contributed by atoms with van der Waals surface area (Å²) in [6, 6.07) is 22.2. The molecule has 2 nitrogen and oxygen atoms in total. The fraction of sp³-hybridized carbons (Fsp3) is 0.243. The molecule has 5 aromatic rings. The van der Waals surface area contributed by atoms with Crippen molar-refractivity contribution in [1.29, 1.82) is 0 Å². The van der Waals surface area contributed by atoms with Gasteiger partial charge >= 0.3 is 0 Å². The molecule has 0 fully saturated rings. The first-order valence-corrected chi connectivity index (χ1v) is 14.4. The number of hydrogen-bond donors (Lipinski definition) is 0. The van der Waals surface area contributed by atoms with Crippen LogP contribution in [0.5, 0.6) is 0 Å². The van der Waals surface area contributed by atoms with Crippen molar-refractivity contribution in [3.63, 3.8) is 0 Å². The van der Waals surface area contributed by atoms with E-state index in [9.17, 15) is 0 Å². The number of fused-ring (bicyclic) bond motifs is 5. The number of rotatable bonds is 3. The van der Waals surface area contributed by atoms with Crippen LogP contribution < -0.4 is 0 Å². The molecular formula is C37H38Cl2N2. The van der Waals surface area contributed by atoms with Crippen LogP contribution in [0.15, 0.2) is 97.0 Å². The van der Waals surface area contributed by atoms with Gasteiger partial charge in [0.2, 0.25) is 0 Å². The monoisotopic (exact) mass is 580 g/mol. The summed E-state index contributed by atoms with van der Waals surface area (Å²) in [5, 5.41) is 3.98. The Bertz CT molecular complexity index is 1660. The van der Waals surface area contributed by atoms with Gasteiger partial charge in [-0.25, -0.2) is 0 Å². The molecule has 0 saturated carbocycles. The predicted octanol–water partition coefficient (Wildman–Crippen LogP) is 10.5. The van der Waals surface area contributed by atoms with E-state index in [4.69, 9.17) is 0 Å². The Kier molecular flexibility index (Phi) is 10.0. The summed E-state index contributed by atoms with van der Waals surface area (Å²) in [5.41, 5.74) is 14.4. The highest BCUT2D eigenvalue weighted by Crippen LogP contribution is 2.42. The third-order valence-electron chi connectivity index (χ3n) is 8.36. The fourth-order valence-corrected chi connectivity index (χ4v) is 6.48. The van der Waals surface area contributed by atoms with E-state index in [1.165, 1.54) is 75.4 Å². The first-order valence-electron chi connectivity index (χ1n) is 14.4. The smallest absolute Gasteiger partial charge is 0.0732 e. The summed E-state index contributed by atoms with van der Waals surface area (Å²) in [5.74, 6) is 0. The summed E-state index contributed by atoms with van der Waals surface area (Å²) in [6.07, 6.45) is 17.1. The van der Waals surface area contributed by atoms with Crippen molar-refractivity contribution in [3.05, 3.63) is 125 Å². The maximum Gasteiger partial charge on any atom is 0.0732 e. The first-order chi connectivity index (χ1) is 19.2. The van der Waals surface area contributed by atoms with Crippen LogP contribution in [-0.4, -0.2) is 9.97 Å². The molecule has 0 N–H and O–H groups in total. The summed E-state index contributed by atoms with van der Waals surface area (Å²) in [6.45, 7) is 6.85. The van der Waals surface area contributed by atoms with Crippen LogP contribution in [0, 0.1) is 6.92 Å². The number of aryl methyl sites for hydroxylation is 4. The molecule has 210 valence electrons. The van der Waals surface area contributed by atoms with Gasteiger partial charge in [-0.3, -0.25) is 9.97 Å². The Balaban J connectivity index is 0.000000273. The van der Waals surface area contributed by atoms with Crippen molar-refractivity contribution in [2.75, 3.05) is 0 Å². The van der Waals surface area contributed by atoms with Crippen LogP contribution in [0.2, 0.25) is 0 Å². The molecule has 0 saturated heterocycles. The summed E-state index contributed by atoms with van der Waals surface area (Å²) in [7, 11) is 0. The molecule has 0 atom stereocenters. The van der Waals surface area contributed by atoms with Crippen LogP contribution in [0.4, 0.5) is 0 Å². The van der Waals surface area contributed by atoms with Crippen molar-refractivity contribution in [2.45, 2.75) is 59.3 Å². The largest absolute Gasteiger partial charge is 0.264 e. The quantitative estimate of drug-likeness (QED) is 0.212. The lowest BCUT2D eigenvalue weighted by Gasteiger charge is -2.26. The lowest BCUT2D eigenvalue weighted by atomic mass is 9.78. The molecule has 0 amide bonds. The highest BCUT2D eigenvalue weighted by Gasteiger charge is 2.22. The summed E-state index contributed by atoms with van der Waals surface area (Å²) in [4.78, 5) is 8.11. The molecule has 0 aliphatic heterocycles. The van der Waals surface area contributed by atoms with E-state index >= 15 is 0 Å². The van der Waals surface area contributed by atoms with Gasteiger partial charge in [0, 0.05) is 24.0 Å². The zero-order valence-corrected chi connectivity index (χ0v) is 25.7. The molecule has 4 heteroatoms. The number of allylic oxidation sites excluding steroid dienone is 4. The van der Waals surface area contributed by atoms with E-state index in [1.54, 1.807) is 23.5 Å². The third-order valence-corrected chi connectivity index (χ3v) is 8.36. The molecule has 0 spiro atoms. The highest BCUT2D eigenvalue weighted by molar-refractivity contribution is 5.98. The van der Waals surface area contributed by atoms with Crippen LogP contribution in [0.3, 0.4) is 0 Å². The van der Waals surface area contributed by atoms with Gasteiger partial charge in [-0.05, 0) is 125 Å². The Morgan fingerprint density at radius 1 is 0.780 bits per heavy atom. The molecule has 41 heavy (non-hydrogen) atoms. The van der Waals surface area contributed by atoms with Gasteiger partial charge in [0.05, 0.1) is 5.52 Å². The lowest BCUT2D eigenvalue weighted by Crippen LogP contribution is -2.07. The van der Waals surface area contributed by atoms with Gasteiger partial charge in [-0.15, -0.1) is 24.8 Å². The van der Waals surface area contributed by atoms with E-state index in [0.717, 1.165) is 23.7 Å². The number of halogens is 2. The van der Waals surface area contributed by atoms with E-state index < -0.39 is 0 Å². The second-order valence-electron chi connectivity index (χ2n) is 10.7. The standard InChI is InChI=1S/C29H30.C8H6N2.2ClH/c1-4-20-10-8-11-21(5-2)29(20)24-17-19(3)28-23(18-24)14-15-26-25-12-7-6-9-22(25)13-16-27(26)28;1-2-7-6-9-5-3-8(7)10-4-1;;/h7-8,10-12,14-15,17-18H,4-6,9,13,16H2,1-3H3;1-6H;2*1H. The average Bonchev–Trinajstić information content (AvgIpc) is 3.00. The zero-order valence-electron chi connectivity index (χ0n) is 24.1. The number of hydrogen-bond acceptors (Lipinski definition) is 2. The van der Waals surface area contributed by atoms with Gasteiger partial charge in [0.1, 0.15) is 0 Å². The summed E-state index contributed by atoms with van der Waals surface area (Å²) < 4.78 is 0. The zero-order chi connectivity index (χ0) is 26.8. The predicted molar refractivity (Wildman–Crippen MR) is 181 cm³/mol. The fourth-order valence-electron chi connectivity index (χ4n) is 6.48. The SMILES string of the molecule is CCc1cccc(CC)c1-c1cc(C)c2c3c(ccc2c1)C1=C(CCC=C1)CC3.Cl.Cl.c1cnc2ccncc2c1. The maximum atomic E-state index is 4.14. The minimum atomic E-state index is 0. The van der Waals surface area contributed by atoms with E-state index in [0.29, 0.717) is 0 Å². The average molecular weight is 582 g/mol. The Morgan fingerprint density at radius 2 is 1.59 bits per heavy atom. The van der Waals surface area contributed by atoms with Crippen LogP contribution >= 0.6 is 24.8 Å². The summed E-state index contributed by atoms with van der Waals surface area (Å²) >= 11 is 0. The Labute approximate surface area is 256 Å². The minimum Gasteiger partial charge on any atom is -0.264 e. The van der Waals surface area contributed by atoms with Crippen LogP contribution in [-0.2, 0) is 19.3 Å². The molecule has 7 rings (SSSR count). The van der Waals surface area contributed by atoms with E-state index in [2.05, 4.69) is 85.4 Å². The van der Waals surface area contributed by atoms with Crippen molar-refractivity contribution < 1.29 is 0 Å². The normalized spacial score (nSPS) is 13.4. The molecular weight excluding hydrogens is 543 g/mol. The van der Waals surface area contributed by atoms with Crippen molar-refractivity contribution in [1.82, 2.24) is 9.97 Å². The maximum absolute atomic E-state index is 4.14. The number of aromatic nitrogens is 2. The molecule has 2 heterocycles. The number of benzene rings is 3. The highest BCUT2D eigenvalue weighted by atomic mass is 35.5. The Hall–Kier alpha value is -3.46. The van der Waals surface area contributed by atoms with Gasteiger partial charge in [-0.1, -0.05) is 68.0 Å². The third kappa shape index (κ3) is 5.96. The van der Waals surface area contributed by atoms with Crippen LogP contribution in [0.1, 0.15) is 60.9 Å². The van der Waals surface area contributed by atoms with Gasteiger partial charge in [0.25, 0.3) is 0 Å². The van der Waals surface area contributed by atoms with Crippen molar-refractivity contribution in [3.8, 4) is 11.1 Å². The molecule has 2 aliphatic rings. The molecule has 3 aromatic carbocycles. The van der Waals surface area contributed by atoms with E-state index in [-0.39, 0.29) is 24.8 Å². The second kappa shape index (κ2) is 13.5.